The molecule has 0 atom stereocenters. The van der Waals surface area contributed by atoms with Crippen LogP contribution in [0.1, 0.15) is 63.8 Å². The van der Waals surface area contributed by atoms with Crippen LogP contribution in [0.15, 0.2) is 42.7 Å². The molecule has 0 aliphatic rings. The average molecular weight is 378 g/mol. The van der Waals surface area contributed by atoms with Crippen LogP contribution in [0.3, 0.4) is 0 Å². The lowest BCUT2D eigenvalue weighted by molar-refractivity contribution is 0.0998. The van der Waals surface area contributed by atoms with Gasteiger partial charge >= 0.3 is 0 Å². The van der Waals surface area contributed by atoms with Gasteiger partial charge in [-0.05, 0) is 47.1 Å². The third-order valence-electron chi connectivity index (χ3n) is 4.96. The molecule has 0 radical (unpaired) electrons. The lowest BCUT2D eigenvalue weighted by Gasteiger charge is -2.12. The monoisotopic (exact) mass is 378 g/mol. The number of aromatic amines is 1. The second kappa shape index (κ2) is 8.80. The van der Waals surface area contributed by atoms with Crippen LogP contribution in [0.2, 0.25) is 0 Å². The van der Waals surface area contributed by atoms with E-state index in [1.165, 1.54) is 5.56 Å². The SMILES string of the molecule is CC(C)c1ccc(CO)c(CCc2n[nH]c(Cc3cccnc3)c2C(N)=O)c1. The maximum Gasteiger partial charge on any atom is 0.252 e. The molecule has 2 aromatic heterocycles. The number of rotatable bonds is 8. The number of aliphatic hydroxyl groups is 1. The molecule has 0 bridgehead atoms. The number of aromatic nitrogens is 3. The summed E-state index contributed by atoms with van der Waals surface area (Å²) in [4.78, 5) is 16.2. The number of aryl methyl sites for hydroxylation is 2. The van der Waals surface area contributed by atoms with Crippen LogP contribution in [-0.2, 0) is 25.9 Å². The number of hydrogen-bond acceptors (Lipinski definition) is 4. The minimum Gasteiger partial charge on any atom is -0.392 e. The van der Waals surface area contributed by atoms with E-state index in [0.717, 1.165) is 16.7 Å². The van der Waals surface area contributed by atoms with E-state index in [-0.39, 0.29) is 6.61 Å². The average Bonchev–Trinajstić information content (AvgIpc) is 3.09. The molecule has 146 valence electrons. The molecule has 6 heteroatoms. The van der Waals surface area contributed by atoms with Crippen molar-refractivity contribution in [1.29, 1.82) is 0 Å². The number of hydrogen-bond donors (Lipinski definition) is 3. The van der Waals surface area contributed by atoms with Gasteiger partial charge in [0.2, 0.25) is 0 Å². The van der Waals surface area contributed by atoms with E-state index < -0.39 is 5.91 Å². The molecule has 0 aliphatic carbocycles. The number of H-pyrrole nitrogens is 1. The molecule has 3 rings (SSSR count). The minimum absolute atomic E-state index is 0.0107. The third kappa shape index (κ3) is 4.46. The second-order valence-electron chi connectivity index (χ2n) is 7.27. The fraction of sp³-hybridized carbons (Fsp3) is 0.318. The highest BCUT2D eigenvalue weighted by atomic mass is 16.3. The first-order valence-electron chi connectivity index (χ1n) is 9.47. The van der Waals surface area contributed by atoms with Crippen molar-refractivity contribution in [2.75, 3.05) is 0 Å². The predicted octanol–water partition coefficient (Wildman–Crippen LogP) is 2.90. The van der Waals surface area contributed by atoms with Crippen LogP contribution >= 0.6 is 0 Å². The van der Waals surface area contributed by atoms with Crippen molar-refractivity contribution in [2.45, 2.75) is 45.6 Å². The third-order valence-corrected chi connectivity index (χ3v) is 4.96. The molecule has 2 heterocycles. The molecule has 28 heavy (non-hydrogen) atoms. The van der Waals surface area contributed by atoms with Gasteiger partial charge in [-0.3, -0.25) is 14.9 Å². The van der Waals surface area contributed by atoms with Crippen molar-refractivity contribution < 1.29 is 9.90 Å². The summed E-state index contributed by atoms with van der Waals surface area (Å²) in [7, 11) is 0. The summed E-state index contributed by atoms with van der Waals surface area (Å²) in [6, 6.07) is 9.95. The zero-order chi connectivity index (χ0) is 20.1. The Morgan fingerprint density at radius 3 is 2.68 bits per heavy atom. The molecule has 3 aromatic rings. The molecule has 0 aliphatic heterocycles. The number of aliphatic hydroxyl groups excluding tert-OH is 1. The van der Waals surface area contributed by atoms with Crippen LogP contribution in [-0.4, -0.2) is 26.2 Å². The predicted molar refractivity (Wildman–Crippen MR) is 108 cm³/mol. The number of carbonyl (C=O) groups is 1. The highest BCUT2D eigenvalue weighted by Crippen LogP contribution is 2.22. The van der Waals surface area contributed by atoms with Gasteiger partial charge in [-0.15, -0.1) is 0 Å². The van der Waals surface area contributed by atoms with E-state index in [2.05, 4.69) is 41.2 Å². The summed E-state index contributed by atoms with van der Waals surface area (Å²) in [6.45, 7) is 4.27. The van der Waals surface area contributed by atoms with Crippen LogP contribution in [0.25, 0.3) is 0 Å². The lowest BCUT2D eigenvalue weighted by atomic mass is 9.94. The quantitative estimate of drug-likeness (QED) is 0.560. The maximum atomic E-state index is 12.1. The summed E-state index contributed by atoms with van der Waals surface area (Å²) in [5.74, 6) is -0.0786. The highest BCUT2D eigenvalue weighted by Gasteiger charge is 2.19. The Bertz CT molecular complexity index is 948. The number of benzene rings is 1. The van der Waals surface area contributed by atoms with E-state index in [9.17, 15) is 9.90 Å². The number of carbonyl (C=O) groups excluding carboxylic acids is 1. The topological polar surface area (TPSA) is 105 Å². The largest absolute Gasteiger partial charge is 0.392 e. The summed E-state index contributed by atoms with van der Waals surface area (Å²) >= 11 is 0. The normalized spacial score (nSPS) is 11.1. The number of nitrogens with two attached hydrogens (primary N) is 1. The summed E-state index contributed by atoms with van der Waals surface area (Å²) in [5.41, 5.74) is 11.6. The first kappa shape index (κ1) is 19.8. The fourth-order valence-electron chi connectivity index (χ4n) is 3.37. The second-order valence-corrected chi connectivity index (χ2v) is 7.27. The number of primary amides is 1. The molecule has 0 spiro atoms. The van der Waals surface area contributed by atoms with Gasteiger partial charge in [-0.25, -0.2) is 0 Å². The standard InChI is InChI=1S/C22H26N4O2/c1-14(2)16-5-6-18(13-27)17(11-16)7-8-19-21(22(23)28)20(26-25-19)10-15-4-3-9-24-12-15/h3-6,9,11-12,14,27H,7-8,10,13H2,1-2H3,(H2,23,28)(H,25,26). The summed E-state index contributed by atoms with van der Waals surface area (Å²) in [5, 5.41) is 17.0. The number of pyridine rings is 1. The Kier molecular flexibility index (Phi) is 6.21. The molecule has 0 fully saturated rings. The molecule has 1 amide bonds. The number of amides is 1. The van der Waals surface area contributed by atoms with Gasteiger partial charge < -0.3 is 10.8 Å². The van der Waals surface area contributed by atoms with Gasteiger partial charge in [0.15, 0.2) is 0 Å². The van der Waals surface area contributed by atoms with Crippen LogP contribution in [0.4, 0.5) is 0 Å². The van der Waals surface area contributed by atoms with E-state index in [1.54, 1.807) is 12.4 Å². The van der Waals surface area contributed by atoms with E-state index in [1.807, 2.05) is 18.2 Å². The Morgan fingerprint density at radius 1 is 1.21 bits per heavy atom. The van der Waals surface area contributed by atoms with Crippen molar-refractivity contribution in [2.24, 2.45) is 5.73 Å². The van der Waals surface area contributed by atoms with E-state index in [4.69, 9.17) is 5.73 Å². The van der Waals surface area contributed by atoms with Crippen molar-refractivity contribution >= 4 is 5.91 Å². The summed E-state index contributed by atoms with van der Waals surface area (Å²) in [6.07, 6.45) is 5.23. The Balaban J connectivity index is 1.83. The van der Waals surface area contributed by atoms with Gasteiger partial charge in [0.1, 0.15) is 0 Å². The van der Waals surface area contributed by atoms with Gasteiger partial charge in [0.05, 0.1) is 23.6 Å². The van der Waals surface area contributed by atoms with Gasteiger partial charge in [0.25, 0.3) is 5.91 Å². The minimum atomic E-state index is -0.485. The molecular formula is C22H26N4O2. The molecule has 1 aromatic carbocycles. The first-order valence-corrected chi connectivity index (χ1v) is 9.47. The Morgan fingerprint density at radius 2 is 2.04 bits per heavy atom. The lowest BCUT2D eigenvalue weighted by Crippen LogP contribution is -2.15. The van der Waals surface area contributed by atoms with Crippen molar-refractivity contribution in [3.05, 3.63) is 81.9 Å². The number of nitrogens with zero attached hydrogens (tertiary/aromatic N) is 2. The van der Waals surface area contributed by atoms with Crippen molar-refractivity contribution in [1.82, 2.24) is 15.2 Å². The van der Waals surface area contributed by atoms with Gasteiger partial charge in [-0.1, -0.05) is 38.1 Å². The van der Waals surface area contributed by atoms with Crippen LogP contribution in [0.5, 0.6) is 0 Å². The van der Waals surface area contributed by atoms with Gasteiger partial charge in [-0.2, -0.15) is 5.10 Å². The molecule has 0 saturated carbocycles. The van der Waals surface area contributed by atoms with Gasteiger partial charge in [0, 0.05) is 18.8 Å². The molecule has 6 nitrogen and oxygen atoms in total. The zero-order valence-electron chi connectivity index (χ0n) is 16.3. The molecule has 0 unspecified atom stereocenters. The number of nitrogens with one attached hydrogen (secondary N) is 1. The molecule has 4 N–H and O–H groups in total. The van der Waals surface area contributed by atoms with Crippen molar-refractivity contribution in [3.8, 4) is 0 Å². The van der Waals surface area contributed by atoms with E-state index in [0.29, 0.717) is 42.1 Å². The first-order chi connectivity index (χ1) is 13.5. The van der Waals surface area contributed by atoms with Crippen molar-refractivity contribution in [3.63, 3.8) is 0 Å². The highest BCUT2D eigenvalue weighted by molar-refractivity contribution is 5.95. The summed E-state index contributed by atoms with van der Waals surface area (Å²) < 4.78 is 0. The maximum absolute atomic E-state index is 12.1. The molecular weight excluding hydrogens is 352 g/mol. The van der Waals surface area contributed by atoms with Crippen LogP contribution < -0.4 is 5.73 Å². The Labute approximate surface area is 164 Å². The Hall–Kier alpha value is -2.99. The van der Waals surface area contributed by atoms with E-state index >= 15 is 0 Å². The van der Waals surface area contributed by atoms with Crippen LogP contribution in [0, 0.1) is 0 Å². The molecule has 0 saturated heterocycles. The smallest absolute Gasteiger partial charge is 0.252 e. The zero-order valence-corrected chi connectivity index (χ0v) is 16.3. The fourth-order valence-corrected chi connectivity index (χ4v) is 3.37.